The third-order valence-electron chi connectivity index (χ3n) is 3.82. The smallest absolute Gasteiger partial charge is 0.126 e. The zero-order chi connectivity index (χ0) is 16.1. The highest BCUT2D eigenvalue weighted by Crippen LogP contribution is 2.31. The Kier molecular flexibility index (Phi) is 5.26. The molecule has 2 N–H and O–H groups in total. The van der Waals surface area contributed by atoms with Gasteiger partial charge in [-0.1, -0.05) is 35.4 Å². The summed E-state index contributed by atoms with van der Waals surface area (Å²) in [6.07, 6.45) is 7.27. The topological polar surface area (TPSA) is 40.5 Å². The van der Waals surface area contributed by atoms with Crippen molar-refractivity contribution in [3.05, 3.63) is 59.2 Å². The fourth-order valence-corrected chi connectivity index (χ4v) is 2.49. The van der Waals surface area contributed by atoms with Crippen LogP contribution in [0.3, 0.4) is 0 Å². The molecule has 0 aliphatic heterocycles. The first-order valence-electron chi connectivity index (χ1n) is 7.70. The van der Waals surface area contributed by atoms with Gasteiger partial charge in [-0.25, -0.2) is 0 Å². The van der Waals surface area contributed by atoms with Crippen molar-refractivity contribution in [2.45, 2.75) is 40.0 Å². The zero-order valence-electron chi connectivity index (χ0n) is 13.6. The van der Waals surface area contributed by atoms with Gasteiger partial charge in [0, 0.05) is 5.39 Å². The van der Waals surface area contributed by atoms with Crippen molar-refractivity contribution >= 4 is 10.8 Å². The summed E-state index contributed by atoms with van der Waals surface area (Å²) in [7, 11) is 0. The average molecular weight is 296 g/mol. The van der Waals surface area contributed by atoms with Crippen molar-refractivity contribution in [2.75, 3.05) is 0 Å². The summed E-state index contributed by atoms with van der Waals surface area (Å²) in [6, 6.07) is 8.90. The number of rotatable bonds is 5. The zero-order valence-corrected chi connectivity index (χ0v) is 13.6. The Morgan fingerprint density at radius 1 is 1.00 bits per heavy atom. The van der Waals surface area contributed by atoms with Crippen LogP contribution < -0.4 is 0 Å². The normalized spacial score (nSPS) is 11.7. The molecule has 0 saturated heterocycles. The number of hydrogen-bond donors (Lipinski definition) is 2. The second kappa shape index (κ2) is 7.17. The van der Waals surface area contributed by atoms with Crippen LogP contribution in [-0.4, -0.2) is 10.2 Å². The molecular weight excluding hydrogens is 272 g/mol. The average Bonchev–Trinajstić information content (AvgIpc) is 2.46. The summed E-state index contributed by atoms with van der Waals surface area (Å²) < 4.78 is 0. The van der Waals surface area contributed by atoms with Gasteiger partial charge in [0.05, 0.1) is 0 Å². The fourth-order valence-electron chi connectivity index (χ4n) is 2.49. The predicted molar refractivity (Wildman–Crippen MR) is 93.4 cm³/mol. The Morgan fingerprint density at radius 3 is 2.50 bits per heavy atom. The maximum atomic E-state index is 10.4. The molecule has 0 radical (unpaired) electrons. The van der Waals surface area contributed by atoms with E-state index in [9.17, 15) is 10.2 Å². The van der Waals surface area contributed by atoms with Crippen LogP contribution in [0.1, 0.15) is 39.2 Å². The Morgan fingerprint density at radius 2 is 1.77 bits per heavy atom. The van der Waals surface area contributed by atoms with Crippen molar-refractivity contribution < 1.29 is 10.2 Å². The minimum Gasteiger partial charge on any atom is -0.508 e. The van der Waals surface area contributed by atoms with E-state index in [-0.39, 0.29) is 5.75 Å². The molecule has 2 rings (SSSR count). The highest BCUT2D eigenvalue weighted by Gasteiger charge is 2.06. The Labute approximate surface area is 132 Å². The summed E-state index contributed by atoms with van der Waals surface area (Å²) in [5.74, 6) is 0.528. The molecule has 2 aromatic rings. The molecule has 0 heterocycles. The van der Waals surface area contributed by atoms with E-state index < -0.39 is 0 Å². The third kappa shape index (κ3) is 4.14. The second-order valence-corrected chi connectivity index (χ2v) is 6.05. The molecular formula is C20H24O2. The van der Waals surface area contributed by atoms with Gasteiger partial charge in [-0.15, -0.1) is 0 Å². The highest BCUT2D eigenvalue weighted by atomic mass is 16.3. The molecule has 2 heteroatoms. The fraction of sp³-hybridized carbons (Fsp3) is 0.300. The Balaban J connectivity index is 2.13. The number of allylic oxidation sites excluding steroid dienone is 4. The molecule has 0 aromatic heterocycles. The van der Waals surface area contributed by atoms with Crippen molar-refractivity contribution in [2.24, 2.45) is 0 Å². The SMILES string of the molecule is CC(C)=CCC/C(C)=C/Cc1ccc2cc(O)ccc2c1O. The molecule has 0 bridgehead atoms. The van der Waals surface area contributed by atoms with Gasteiger partial charge in [0.2, 0.25) is 0 Å². The standard InChI is InChI=1S/C20H24O2/c1-14(2)5-4-6-15(3)7-8-16-9-10-17-13-18(21)11-12-19(17)20(16)22/h5,7,9-13,21-22H,4,6,8H2,1-3H3/b15-7+. The van der Waals surface area contributed by atoms with E-state index in [1.165, 1.54) is 11.1 Å². The molecule has 0 aliphatic rings. The molecule has 2 aromatic carbocycles. The van der Waals surface area contributed by atoms with Crippen molar-refractivity contribution in [1.82, 2.24) is 0 Å². The van der Waals surface area contributed by atoms with Crippen LogP contribution in [0.5, 0.6) is 11.5 Å². The highest BCUT2D eigenvalue weighted by molar-refractivity contribution is 5.90. The van der Waals surface area contributed by atoms with Crippen molar-refractivity contribution in [3.8, 4) is 11.5 Å². The largest absolute Gasteiger partial charge is 0.508 e. The van der Waals surface area contributed by atoms with Gasteiger partial charge < -0.3 is 10.2 Å². The first-order chi connectivity index (χ1) is 10.5. The van der Waals surface area contributed by atoms with Gasteiger partial charge in [0.25, 0.3) is 0 Å². The van der Waals surface area contributed by atoms with E-state index in [1.807, 2.05) is 12.1 Å². The lowest BCUT2D eigenvalue weighted by atomic mass is 10.0. The Bertz CT molecular complexity index is 720. The monoisotopic (exact) mass is 296 g/mol. The number of phenols is 2. The summed E-state index contributed by atoms with van der Waals surface area (Å²) in [5, 5.41) is 21.5. The van der Waals surface area contributed by atoms with E-state index in [0.29, 0.717) is 5.75 Å². The van der Waals surface area contributed by atoms with Crippen LogP contribution in [0.4, 0.5) is 0 Å². The van der Waals surface area contributed by atoms with Gasteiger partial charge in [-0.05, 0) is 69.2 Å². The summed E-state index contributed by atoms with van der Waals surface area (Å²) in [4.78, 5) is 0. The first kappa shape index (κ1) is 16.2. The van der Waals surface area contributed by atoms with Crippen LogP contribution in [0.2, 0.25) is 0 Å². The molecule has 0 unspecified atom stereocenters. The number of aromatic hydroxyl groups is 2. The molecule has 0 fully saturated rings. The van der Waals surface area contributed by atoms with Crippen LogP contribution in [-0.2, 0) is 6.42 Å². The van der Waals surface area contributed by atoms with E-state index in [2.05, 4.69) is 32.9 Å². The van der Waals surface area contributed by atoms with Crippen molar-refractivity contribution in [1.29, 1.82) is 0 Å². The number of phenolic OH excluding ortho intramolecular Hbond substituents is 2. The maximum absolute atomic E-state index is 10.4. The summed E-state index contributed by atoms with van der Waals surface area (Å²) >= 11 is 0. The number of fused-ring (bicyclic) bond motifs is 1. The number of hydrogen-bond acceptors (Lipinski definition) is 2. The molecule has 22 heavy (non-hydrogen) atoms. The molecule has 0 saturated carbocycles. The van der Waals surface area contributed by atoms with Crippen molar-refractivity contribution in [3.63, 3.8) is 0 Å². The molecule has 0 atom stereocenters. The first-order valence-corrected chi connectivity index (χ1v) is 7.70. The van der Waals surface area contributed by atoms with E-state index in [1.54, 1.807) is 18.2 Å². The van der Waals surface area contributed by atoms with E-state index >= 15 is 0 Å². The van der Waals surface area contributed by atoms with E-state index in [0.717, 1.165) is 35.6 Å². The lowest BCUT2D eigenvalue weighted by Gasteiger charge is -2.07. The third-order valence-corrected chi connectivity index (χ3v) is 3.82. The van der Waals surface area contributed by atoms with Gasteiger partial charge >= 0.3 is 0 Å². The van der Waals surface area contributed by atoms with Crippen LogP contribution in [0.25, 0.3) is 10.8 Å². The second-order valence-electron chi connectivity index (χ2n) is 6.05. The maximum Gasteiger partial charge on any atom is 0.126 e. The molecule has 0 spiro atoms. The lowest BCUT2D eigenvalue weighted by Crippen LogP contribution is -1.87. The minimum atomic E-state index is 0.217. The predicted octanol–water partition coefficient (Wildman–Crippen LogP) is 5.49. The van der Waals surface area contributed by atoms with Gasteiger partial charge in [0.15, 0.2) is 0 Å². The van der Waals surface area contributed by atoms with E-state index in [4.69, 9.17) is 0 Å². The number of benzene rings is 2. The van der Waals surface area contributed by atoms with Gasteiger partial charge in [-0.2, -0.15) is 0 Å². The van der Waals surface area contributed by atoms with Crippen LogP contribution >= 0.6 is 0 Å². The lowest BCUT2D eigenvalue weighted by molar-refractivity contribution is 0.473. The van der Waals surface area contributed by atoms with Crippen LogP contribution in [0, 0.1) is 0 Å². The molecule has 0 aliphatic carbocycles. The van der Waals surface area contributed by atoms with Gasteiger partial charge in [-0.3, -0.25) is 0 Å². The van der Waals surface area contributed by atoms with Gasteiger partial charge in [0.1, 0.15) is 11.5 Å². The molecule has 2 nitrogen and oxygen atoms in total. The summed E-state index contributed by atoms with van der Waals surface area (Å²) in [6.45, 7) is 6.36. The quantitative estimate of drug-likeness (QED) is 0.717. The molecule has 0 amide bonds. The van der Waals surface area contributed by atoms with Crippen LogP contribution in [0.15, 0.2) is 53.6 Å². The molecule has 116 valence electrons. The summed E-state index contributed by atoms with van der Waals surface area (Å²) in [5.41, 5.74) is 3.60. The Hall–Kier alpha value is -2.22. The minimum absolute atomic E-state index is 0.217.